The SMILES string of the molecule is Cc1ccc(C2=NN(C(=O)c3c(F)cc(F)cc3F)C(c3ccccc3OC(F)F)S2)cn1. The number of rotatable bonds is 5. The molecule has 33 heavy (non-hydrogen) atoms. The molecule has 0 saturated heterocycles. The number of hydrazone groups is 1. The first-order valence-corrected chi connectivity index (χ1v) is 10.3. The number of benzene rings is 2. The molecule has 0 fully saturated rings. The average molecular weight is 479 g/mol. The van der Waals surface area contributed by atoms with E-state index in [1.165, 1.54) is 30.5 Å². The van der Waals surface area contributed by atoms with Crippen LogP contribution in [0.2, 0.25) is 0 Å². The molecule has 2 heterocycles. The van der Waals surface area contributed by atoms with Gasteiger partial charge in [-0.05, 0) is 25.1 Å². The fourth-order valence-corrected chi connectivity index (χ4v) is 4.31. The molecule has 0 aliphatic carbocycles. The normalized spacial score (nSPS) is 15.7. The van der Waals surface area contributed by atoms with Gasteiger partial charge in [-0.2, -0.15) is 13.9 Å². The summed E-state index contributed by atoms with van der Waals surface area (Å²) in [5.41, 5.74) is 0.315. The number of amides is 1. The van der Waals surface area contributed by atoms with Gasteiger partial charge < -0.3 is 4.74 Å². The molecule has 1 aliphatic heterocycles. The number of carbonyl (C=O) groups is 1. The van der Waals surface area contributed by atoms with Crippen molar-refractivity contribution < 1.29 is 31.5 Å². The molecule has 1 aromatic heterocycles. The first-order chi connectivity index (χ1) is 15.7. The Labute approximate surface area is 188 Å². The lowest BCUT2D eigenvalue weighted by molar-refractivity contribution is -0.0507. The van der Waals surface area contributed by atoms with Crippen LogP contribution < -0.4 is 4.74 Å². The number of nitrogens with zero attached hydrogens (tertiary/aromatic N) is 3. The van der Waals surface area contributed by atoms with Crippen molar-refractivity contribution in [2.75, 3.05) is 0 Å². The Hall–Kier alpha value is -3.47. The van der Waals surface area contributed by atoms with Crippen LogP contribution in [0.4, 0.5) is 22.0 Å². The summed E-state index contributed by atoms with van der Waals surface area (Å²) in [6.07, 6.45) is 1.49. The van der Waals surface area contributed by atoms with Gasteiger partial charge in [-0.15, -0.1) is 0 Å². The van der Waals surface area contributed by atoms with Crippen molar-refractivity contribution in [2.24, 2.45) is 5.10 Å². The zero-order chi connectivity index (χ0) is 23.7. The van der Waals surface area contributed by atoms with Crippen molar-refractivity contribution >= 4 is 22.7 Å². The maximum Gasteiger partial charge on any atom is 0.387 e. The van der Waals surface area contributed by atoms with Crippen LogP contribution in [0.25, 0.3) is 0 Å². The van der Waals surface area contributed by atoms with Crippen molar-refractivity contribution in [3.63, 3.8) is 0 Å². The molecule has 1 atom stereocenters. The number of hydrogen-bond acceptors (Lipinski definition) is 5. The largest absolute Gasteiger partial charge is 0.434 e. The summed E-state index contributed by atoms with van der Waals surface area (Å²) >= 11 is 0.981. The van der Waals surface area contributed by atoms with Gasteiger partial charge in [0.1, 0.15) is 39.2 Å². The van der Waals surface area contributed by atoms with Gasteiger partial charge in [-0.1, -0.05) is 30.0 Å². The zero-order valence-electron chi connectivity index (χ0n) is 16.8. The minimum Gasteiger partial charge on any atom is -0.434 e. The number of pyridine rings is 1. The van der Waals surface area contributed by atoms with E-state index >= 15 is 0 Å². The Morgan fingerprint density at radius 1 is 1.09 bits per heavy atom. The van der Waals surface area contributed by atoms with Gasteiger partial charge >= 0.3 is 6.61 Å². The monoisotopic (exact) mass is 479 g/mol. The van der Waals surface area contributed by atoms with Crippen LogP contribution in [0, 0.1) is 24.4 Å². The minimum atomic E-state index is -3.14. The van der Waals surface area contributed by atoms with E-state index in [4.69, 9.17) is 0 Å². The number of alkyl halides is 2. The van der Waals surface area contributed by atoms with E-state index in [-0.39, 0.29) is 16.4 Å². The summed E-state index contributed by atoms with van der Waals surface area (Å²) in [7, 11) is 0. The fourth-order valence-electron chi connectivity index (χ4n) is 3.15. The number of hydrogen-bond donors (Lipinski definition) is 0. The maximum absolute atomic E-state index is 14.3. The maximum atomic E-state index is 14.3. The van der Waals surface area contributed by atoms with Crippen molar-refractivity contribution in [3.8, 4) is 5.75 Å². The van der Waals surface area contributed by atoms with Crippen LogP contribution in [0.3, 0.4) is 0 Å². The van der Waals surface area contributed by atoms with E-state index in [2.05, 4.69) is 14.8 Å². The molecule has 2 aromatic carbocycles. The van der Waals surface area contributed by atoms with Gasteiger partial charge in [0, 0.05) is 35.2 Å². The quantitative estimate of drug-likeness (QED) is 0.444. The minimum absolute atomic E-state index is 0.123. The van der Waals surface area contributed by atoms with Gasteiger partial charge in [-0.25, -0.2) is 18.2 Å². The number of carbonyl (C=O) groups excluding carboxylic acids is 1. The van der Waals surface area contributed by atoms with Crippen LogP contribution in [0.5, 0.6) is 5.75 Å². The number of thioether (sulfide) groups is 1. The Kier molecular flexibility index (Phi) is 6.32. The second-order valence-electron chi connectivity index (χ2n) is 6.87. The van der Waals surface area contributed by atoms with Crippen molar-refractivity contribution in [2.45, 2.75) is 18.9 Å². The molecule has 11 heteroatoms. The Balaban J connectivity index is 1.81. The van der Waals surface area contributed by atoms with E-state index < -0.39 is 40.9 Å². The number of aromatic nitrogens is 1. The molecule has 4 rings (SSSR count). The van der Waals surface area contributed by atoms with Crippen molar-refractivity contribution in [1.29, 1.82) is 0 Å². The molecule has 3 aromatic rings. The third-order valence-corrected chi connectivity index (χ3v) is 5.85. The molecule has 1 unspecified atom stereocenters. The number of para-hydroxylation sites is 1. The van der Waals surface area contributed by atoms with Gasteiger partial charge in [0.15, 0.2) is 0 Å². The van der Waals surface area contributed by atoms with Crippen LogP contribution in [0.1, 0.15) is 32.6 Å². The summed E-state index contributed by atoms with van der Waals surface area (Å²) in [5, 5.41) is 4.11. The molecule has 1 aliphatic rings. The van der Waals surface area contributed by atoms with E-state index in [1.807, 2.05) is 0 Å². The highest BCUT2D eigenvalue weighted by Crippen LogP contribution is 2.45. The lowest BCUT2D eigenvalue weighted by Gasteiger charge is -2.23. The second-order valence-corrected chi connectivity index (χ2v) is 7.94. The summed E-state index contributed by atoms with van der Waals surface area (Å²) in [4.78, 5) is 17.3. The van der Waals surface area contributed by atoms with Gasteiger partial charge in [0.05, 0.1) is 0 Å². The molecular weight excluding hydrogens is 465 g/mol. The van der Waals surface area contributed by atoms with E-state index in [1.54, 1.807) is 19.1 Å². The predicted molar refractivity (Wildman–Crippen MR) is 111 cm³/mol. The highest BCUT2D eigenvalue weighted by Gasteiger charge is 2.38. The van der Waals surface area contributed by atoms with Gasteiger partial charge in [-0.3, -0.25) is 9.78 Å². The van der Waals surface area contributed by atoms with Gasteiger partial charge in [0.2, 0.25) is 0 Å². The van der Waals surface area contributed by atoms with E-state index in [0.29, 0.717) is 17.7 Å². The molecule has 0 bridgehead atoms. The van der Waals surface area contributed by atoms with Gasteiger partial charge in [0.25, 0.3) is 5.91 Å². The summed E-state index contributed by atoms with van der Waals surface area (Å²) < 4.78 is 72.5. The number of aryl methyl sites for hydroxylation is 1. The third-order valence-electron chi connectivity index (χ3n) is 4.63. The van der Waals surface area contributed by atoms with E-state index in [9.17, 15) is 26.7 Å². The first kappa shape index (κ1) is 22.7. The summed E-state index contributed by atoms with van der Waals surface area (Å²) in [5.74, 6) is -5.48. The molecule has 170 valence electrons. The molecule has 1 amide bonds. The zero-order valence-corrected chi connectivity index (χ0v) is 17.6. The lowest BCUT2D eigenvalue weighted by atomic mass is 10.1. The Morgan fingerprint density at radius 3 is 2.42 bits per heavy atom. The topological polar surface area (TPSA) is 54.8 Å². The fraction of sp³-hybridized carbons (Fsp3) is 0.136. The summed E-state index contributed by atoms with van der Waals surface area (Å²) in [6, 6.07) is 9.81. The predicted octanol–water partition coefficient (Wildman–Crippen LogP) is 5.66. The third kappa shape index (κ3) is 4.68. The number of halogens is 5. The summed E-state index contributed by atoms with van der Waals surface area (Å²) in [6.45, 7) is -1.38. The molecule has 0 N–H and O–H groups in total. The van der Waals surface area contributed by atoms with E-state index in [0.717, 1.165) is 22.5 Å². The molecule has 0 saturated carbocycles. The first-order valence-electron chi connectivity index (χ1n) is 9.44. The van der Waals surface area contributed by atoms with Crippen LogP contribution in [0.15, 0.2) is 59.8 Å². The smallest absolute Gasteiger partial charge is 0.387 e. The van der Waals surface area contributed by atoms with Crippen LogP contribution in [-0.2, 0) is 0 Å². The number of ether oxygens (including phenoxy) is 1. The molecule has 0 spiro atoms. The van der Waals surface area contributed by atoms with Crippen LogP contribution >= 0.6 is 11.8 Å². The second kappa shape index (κ2) is 9.18. The van der Waals surface area contributed by atoms with Crippen molar-refractivity contribution in [3.05, 3.63) is 94.6 Å². The molecule has 5 nitrogen and oxygen atoms in total. The highest BCUT2D eigenvalue weighted by molar-refractivity contribution is 8.14. The van der Waals surface area contributed by atoms with Crippen molar-refractivity contribution in [1.82, 2.24) is 9.99 Å². The standard InChI is InChI=1S/C22H14F5N3O2S/c1-11-6-7-12(10-28-11)19-29-30(20(31)18-15(24)8-13(23)9-16(18)25)21(33-19)14-4-2-3-5-17(14)32-22(26)27/h2-10,21-22H,1H3. The molecule has 0 radical (unpaired) electrons. The average Bonchev–Trinajstić information content (AvgIpc) is 3.18. The van der Waals surface area contributed by atoms with Crippen LogP contribution in [-0.4, -0.2) is 27.6 Å². The molecular formula is C22H14F5N3O2S. The Morgan fingerprint density at radius 2 is 1.79 bits per heavy atom. The Bertz CT molecular complexity index is 1210. The lowest BCUT2D eigenvalue weighted by Crippen LogP contribution is -2.28. The highest BCUT2D eigenvalue weighted by atomic mass is 32.2.